The van der Waals surface area contributed by atoms with Gasteiger partial charge in [0.25, 0.3) is 0 Å². The molecule has 0 radical (unpaired) electrons. The van der Waals surface area contributed by atoms with Gasteiger partial charge in [0.05, 0.1) is 7.11 Å². The number of anilines is 1. The standard InChI is InChI=1S/C13H20N2O2/c1-4-15(10-9-14-13(16)17-3)12-8-6-5-7-11(12)2/h5-8H,4,9-10H2,1-3H3,(H,14,16). The van der Waals surface area contributed by atoms with Crippen molar-refractivity contribution in [2.75, 3.05) is 31.6 Å². The molecule has 0 aliphatic heterocycles. The molecule has 0 aromatic heterocycles. The number of hydrogen-bond acceptors (Lipinski definition) is 3. The van der Waals surface area contributed by atoms with Gasteiger partial charge in [-0.25, -0.2) is 4.79 Å². The van der Waals surface area contributed by atoms with Crippen LogP contribution in [-0.4, -0.2) is 32.8 Å². The van der Waals surface area contributed by atoms with E-state index >= 15 is 0 Å². The van der Waals surface area contributed by atoms with E-state index in [-0.39, 0.29) is 6.09 Å². The van der Waals surface area contributed by atoms with E-state index in [1.165, 1.54) is 18.4 Å². The minimum absolute atomic E-state index is 0.383. The molecular weight excluding hydrogens is 216 g/mol. The van der Waals surface area contributed by atoms with Crippen LogP contribution in [0.1, 0.15) is 12.5 Å². The highest BCUT2D eigenvalue weighted by atomic mass is 16.5. The molecule has 0 saturated heterocycles. The number of amides is 1. The molecule has 4 heteroatoms. The van der Waals surface area contributed by atoms with Gasteiger partial charge in [-0.1, -0.05) is 18.2 Å². The van der Waals surface area contributed by atoms with Crippen molar-refractivity contribution in [3.63, 3.8) is 0 Å². The number of nitrogens with zero attached hydrogens (tertiary/aromatic N) is 1. The zero-order chi connectivity index (χ0) is 12.7. The first-order valence-corrected chi connectivity index (χ1v) is 5.81. The molecule has 17 heavy (non-hydrogen) atoms. The topological polar surface area (TPSA) is 41.6 Å². The van der Waals surface area contributed by atoms with E-state index in [0.717, 1.165) is 13.1 Å². The molecular formula is C13H20N2O2. The Labute approximate surface area is 103 Å². The number of para-hydroxylation sites is 1. The maximum absolute atomic E-state index is 10.9. The molecule has 1 aromatic carbocycles. The SMILES string of the molecule is CCN(CCNC(=O)OC)c1ccccc1C. The number of hydrogen-bond donors (Lipinski definition) is 1. The third kappa shape index (κ3) is 3.98. The van der Waals surface area contributed by atoms with Crippen LogP contribution in [0.5, 0.6) is 0 Å². The monoisotopic (exact) mass is 236 g/mol. The van der Waals surface area contributed by atoms with Crippen molar-refractivity contribution < 1.29 is 9.53 Å². The number of carbonyl (C=O) groups excluding carboxylic acids is 1. The molecule has 0 atom stereocenters. The summed E-state index contributed by atoms with van der Waals surface area (Å²) in [4.78, 5) is 13.2. The Morgan fingerprint density at radius 2 is 2.12 bits per heavy atom. The van der Waals surface area contributed by atoms with Gasteiger partial charge in [0.2, 0.25) is 0 Å². The largest absolute Gasteiger partial charge is 0.453 e. The highest BCUT2D eigenvalue weighted by molar-refractivity contribution is 5.66. The summed E-state index contributed by atoms with van der Waals surface area (Å²) in [6.07, 6.45) is -0.383. The van der Waals surface area contributed by atoms with Crippen LogP contribution in [0.3, 0.4) is 0 Å². The van der Waals surface area contributed by atoms with Gasteiger partial charge in [0.1, 0.15) is 0 Å². The van der Waals surface area contributed by atoms with Crippen LogP contribution in [0.2, 0.25) is 0 Å². The van der Waals surface area contributed by atoms with E-state index in [1.54, 1.807) is 0 Å². The first-order valence-electron chi connectivity index (χ1n) is 5.81. The Hall–Kier alpha value is -1.71. The molecule has 1 amide bonds. The van der Waals surface area contributed by atoms with Gasteiger partial charge in [-0.3, -0.25) is 0 Å². The summed E-state index contributed by atoms with van der Waals surface area (Å²) >= 11 is 0. The zero-order valence-electron chi connectivity index (χ0n) is 10.7. The van der Waals surface area contributed by atoms with Gasteiger partial charge >= 0.3 is 6.09 Å². The lowest BCUT2D eigenvalue weighted by Gasteiger charge is -2.24. The van der Waals surface area contributed by atoms with E-state index in [0.29, 0.717) is 6.54 Å². The molecule has 0 aliphatic carbocycles. The highest BCUT2D eigenvalue weighted by Gasteiger charge is 2.07. The predicted octanol–water partition coefficient (Wildman–Crippen LogP) is 2.18. The Kier molecular flexibility index (Phi) is 5.33. The predicted molar refractivity (Wildman–Crippen MR) is 69.5 cm³/mol. The minimum Gasteiger partial charge on any atom is -0.453 e. The third-order valence-electron chi connectivity index (χ3n) is 2.67. The number of likely N-dealkylation sites (N-methyl/N-ethyl adjacent to an activating group) is 1. The van der Waals surface area contributed by atoms with Gasteiger partial charge in [-0.15, -0.1) is 0 Å². The average Bonchev–Trinajstić information content (AvgIpc) is 2.35. The Morgan fingerprint density at radius 3 is 2.71 bits per heavy atom. The van der Waals surface area contributed by atoms with Gasteiger partial charge in [-0.2, -0.15) is 0 Å². The molecule has 0 unspecified atom stereocenters. The van der Waals surface area contributed by atoms with Crippen LogP contribution >= 0.6 is 0 Å². The van der Waals surface area contributed by atoms with E-state index in [4.69, 9.17) is 0 Å². The van der Waals surface area contributed by atoms with Crippen LogP contribution in [-0.2, 0) is 4.74 Å². The first-order chi connectivity index (χ1) is 8.19. The summed E-state index contributed by atoms with van der Waals surface area (Å²) in [6.45, 7) is 6.45. The number of nitrogens with one attached hydrogen (secondary N) is 1. The number of carbonyl (C=O) groups is 1. The Balaban J connectivity index is 2.55. The minimum atomic E-state index is -0.383. The summed E-state index contributed by atoms with van der Waals surface area (Å²) in [5, 5.41) is 2.68. The first kappa shape index (κ1) is 13.4. The lowest BCUT2D eigenvalue weighted by Crippen LogP contribution is -2.35. The molecule has 1 N–H and O–H groups in total. The summed E-state index contributed by atoms with van der Waals surface area (Å²) in [6, 6.07) is 8.24. The fraction of sp³-hybridized carbons (Fsp3) is 0.462. The van der Waals surface area contributed by atoms with Crippen molar-refractivity contribution in [2.24, 2.45) is 0 Å². The quantitative estimate of drug-likeness (QED) is 0.852. The summed E-state index contributed by atoms with van der Waals surface area (Å²) in [7, 11) is 1.37. The maximum atomic E-state index is 10.9. The van der Waals surface area contributed by atoms with E-state index in [9.17, 15) is 4.79 Å². The molecule has 0 saturated carbocycles. The van der Waals surface area contributed by atoms with Crippen LogP contribution in [0.4, 0.5) is 10.5 Å². The van der Waals surface area contributed by atoms with E-state index < -0.39 is 0 Å². The van der Waals surface area contributed by atoms with E-state index in [1.807, 2.05) is 12.1 Å². The number of benzene rings is 1. The van der Waals surface area contributed by atoms with Crippen molar-refractivity contribution in [3.8, 4) is 0 Å². The van der Waals surface area contributed by atoms with Crippen molar-refractivity contribution >= 4 is 11.8 Å². The smallest absolute Gasteiger partial charge is 0.406 e. The second-order valence-corrected chi connectivity index (χ2v) is 3.78. The van der Waals surface area contributed by atoms with Crippen molar-refractivity contribution in [1.82, 2.24) is 5.32 Å². The maximum Gasteiger partial charge on any atom is 0.406 e. The van der Waals surface area contributed by atoms with Gasteiger partial charge < -0.3 is 15.0 Å². The number of aryl methyl sites for hydroxylation is 1. The van der Waals surface area contributed by atoms with Crippen molar-refractivity contribution in [2.45, 2.75) is 13.8 Å². The molecule has 94 valence electrons. The fourth-order valence-corrected chi connectivity index (χ4v) is 1.73. The van der Waals surface area contributed by atoms with Crippen LogP contribution in [0, 0.1) is 6.92 Å². The van der Waals surface area contributed by atoms with Gasteiger partial charge in [0, 0.05) is 25.3 Å². The molecule has 0 bridgehead atoms. The number of rotatable bonds is 5. The summed E-state index contributed by atoms with van der Waals surface area (Å²) in [5.74, 6) is 0. The van der Waals surface area contributed by atoms with Crippen LogP contribution in [0.25, 0.3) is 0 Å². The Morgan fingerprint density at radius 1 is 1.41 bits per heavy atom. The molecule has 0 fully saturated rings. The lowest BCUT2D eigenvalue weighted by molar-refractivity contribution is 0.171. The third-order valence-corrected chi connectivity index (χ3v) is 2.67. The fourth-order valence-electron chi connectivity index (χ4n) is 1.73. The van der Waals surface area contributed by atoms with Crippen LogP contribution in [0.15, 0.2) is 24.3 Å². The van der Waals surface area contributed by atoms with Gasteiger partial charge in [0.15, 0.2) is 0 Å². The molecule has 0 aliphatic rings. The molecule has 1 aromatic rings. The lowest BCUT2D eigenvalue weighted by atomic mass is 10.2. The number of ether oxygens (including phenoxy) is 1. The summed E-state index contributed by atoms with van der Waals surface area (Å²) in [5.41, 5.74) is 2.45. The molecule has 0 heterocycles. The Bertz CT molecular complexity index is 366. The number of methoxy groups -OCH3 is 1. The molecule has 0 spiro atoms. The van der Waals surface area contributed by atoms with Crippen LogP contribution < -0.4 is 10.2 Å². The van der Waals surface area contributed by atoms with Crippen molar-refractivity contribution in [1.29, 1.82) is 0 Å². The van der Waals surface area contributed by atoms with E-state index in [2.05, 4.69) is 40.9 Å². The highest BCUT2D eigenvalue weighted by Crippen LogP contribution is 2.18. The zero-order valence-corrected chi connectivity index (χ0v) is 10.7. The molecule has 1 rings (SSSR count). The van der Waals surface area contributed by atoms with Gasteiger partial charge in [-0.05, 0) is 25.5 Å². The average molecular weight is 236 g/mol. The molecule has 4 nitrogen and oxygen atoms in total. The number of alkyl carbamates (subject to hydrolysis) is 1. The second-order valence-electron chi connectivity index (χ2n) is 3.78. The normalized spacial score (nSPS) is 9.82. The second kappa shape index (κ2) is 6.78. The van der Waals surface area contributed by atoms with Crippen molar-refractivity contribution in [3.05, 3.63) is 29.8 Å². The summed E-state index contributed by atoms with van der Waals surface area (Å²) < 4.78 is 4.53.